The lowest BCUT2D eigenvalue weighted by Crippen LogP contribution is -2.21. The van der Waals surface area contributed by atoms with Gasteiger partial charge >= 0.3 is 0 Å². The Hall–Kier alpha value is -2.07. The summed E-state index contributed by atoms with van der Waals surface area (Å²) < 4.78 is 0. The van der Waals surface area contributed by atoms with Gasteiger partial charge in [-0.1, -0.05) is 0 Å². The Bertz CT molecular complexity index is 475. The highest BCUT2D eigenvalue weighted by Gasteiger charge is 2.20. The molecule has 1 saturated carbocycles. The van der Waals surface area contributed by atoms with Crippen LogP contribution in [0.1, 0.15) is 31.2 Å². The minimum atomic E-state index is 0.251. The highest BCUT2D eigenvalue weighted by atomic mass is 15.0. The number of rotatable bonds is 3. The van der Waals surface area contributed by atoms with Crippen LogP contribution in [-0.4, -0.2) is 11.5 Å². The average molecular weight is 240 g/mol. The van der Waals surface area contributed by atoms with Gasteiger partial charge in [0.1, 0.15) is 5.82 Å². The van der Waals surface area contributed by atoms with Gasteiger partial charge in [-0.2, -0.15) is 10.5 Å². The normalized spacial score (nSPS) is 22.8. The van der Waals surface area contributed by atoms with Gasteiger partial charge in [0.05, 0.1) is 17.7 Å². The summed E-state index contributed by atoms with van der Waals surface area (Å²) in [5.41, 5.74) is 0.626. The summed E-state index contributed by atoms with van der Waals surface area (Å²) >= 11 is 0. The number of nitrogens with zero attached hydrogens (tertiary/aromatic N) is 3. The lowest BCUT2D eigenvalue weighted by Gasteiger charge is -2.24. The Morgan fingerprint density at radius 1 is 1.28 bits per heavy atom. The van der Waals surface area contributed by atoms with Gasteiger partial charge in [-0.05, 0) is 43.7 Å². The zero-order chi connectivity index (χ0) is 12.8. The molecule has 0 unspecified atom stereocenters. The molecule has 4 heteroatoms. The minimum Gasteiger partial charge on any atom is -0.370 e. The molecule has 1 aromatic heterocycles. The van der Waals surface area contributed by atoms with Gasteiger partial charge in [-0.15, -0.1) is 0 Å². The topological polar surface area (TPSA) is 72.5 Å². The van der Waals surface area contributed by atoms with Gasteiger partial charge in [-0.25, -0.2) is 4.98 Å². The SMILES string of the molecule is N#Cc1ccnc(NCC2CCC(C#N)CC2)c1. The van der Waals surface area contributed by atoms with E-state index in [4.69, 9.17) is 10.5 Å². The third-order valence-corrected chi connectivity index (χ3v) is 3.49. The zero-order valence-corrected chi connectivity index (χ0v) is 10.3. The fraction of sp³-hybridized carbons (Fsp3) is 0.500. The van der Waals surface area contributed by atoms with Crippen molar-refractivity contribution in [2.45, 2.75) is 25.7 Å². The van der Waals surface area contributed by atoms with Crippen LogP contribution in [0.5, 0.6) is 0 Å². The molecule has 0 bridgehead atoms. The molecule has 1 aliphatic carbocycles. The van der Waals surface area contributed by atoms with Crippen molar-refractivity contribution in [2.75, 3.05) is 11.9 Å². The van der Waals surface area contributed by atoms with Crippen molar-refractivity contribution in [2.24, 2.45) is 11.8 Å². The summed E-state index contributed by atoms with van der Waals surface area (Å²) in [6.45, 7) is 0.875. The fourth-order valence-electron chi connectivity index (χ4n) is 2.34. The van der Waals surface area contributed by atoms with Gasteiger partial charge in [-0.3, -0.25) is 0 Å². The molecule has 1 aromatic rings. The van der Waals surface area contributed by atoms with E-state index in [1.807, 2.05) is 0 Å². The summed E-state index contributed by atoms with van der Waals surface area (Å²) in [7, 11) is 0. The van der Waals surface area contributed by atoms with Crippen molar-refractivity contribution in [1.82, 2.24) is 4.98 Å². The predicted molar refractivity (Wildman–Crippen MR) is 68.5 cm³/mol. The summed E-state index contributed by atoms with van der Waals surface area (Å²) in [4.78, 5) is 4.19. The van der Waals surface area contributed by atoms with Crippen LogP contribution in [-0.2, 0) is 0 Å². The number of anilines is 1. The second kappa shape index (κ2) is 6.02. The Balaban J connectivity index is 1.82. The molecule has 0 radical (unpaired) electrons. The summed E-state index contributed by atoms with van der Waals surface area (Å²) in [5, 5.41) is 20.9. The van der Waals surface area contributed by atoms with E-state index in [2.05, 4.69) is 22.4 Å². The van der Waals surface area contributed by atoms with E-state index < -0.39 is 0 Å². The van der Waals surface area contributed by atoms with E-state index >= 15 is 0 Å². The second-order valence-electron chi connectivity index (χ2n) is 4.77. The highest BCUT2D eigenvalue weighted by molar-refractivity contribution is 5.42. The second-order valence-corrected chi connectivity index (χ2v) is 4.77. The van der Waals surface area contributed by atoms with Crippen LogP contribution in [0.25, 0.3) is 0 Å². The van der Waals surface area contributed by atoms with Crippen LogP contribution in [0.2, 0.25) is 0 Å². The van der Waals surface area contributed by atoms with Crippen molar-refractivity contribution in [3.63, 3.8) is 0 Å². The number of nitrogens with one attached hydrogen (secondary N) is 1. The molecule has 1 fully saturated rings. The lowest BCUT2D eigenvalue weighted by molar-refractivity contribution is 0.327. The van der Waals surface area contributed by atoms with Crippen molar-refractivity contribution in [3.05, 3.63) is 23.9 Å². The van der Waals surface area contributed by atoms with Gasteiger partial charge in [0.2, 0.25) is 0 Å². The predicted octanol–water partition coefficient (Wildman–Crippen LogP) is 2.70. The summed E-state index contributed by atoms with van der Waals surface area (Å²) in [6, 6.07) is 7.91. The third-order valence-electron chi connectivity index (χ3n) is 3.49. The maximum atomic E-state index is 8.84. The Morgan fingerprint density at radius 2 is 2.06 bits per heavy atom. The maximum Gasteiger partial charge on any atom is 0.127 e. The number of aromatic nitrogens is 1. The number of pyridine rings is 1. The fourth-order valence-corrected chi connectivity index (χ4v) is 2.34. The van der Waals surface area contributed by atoms with E-state index in [0.29, 0.717) is 11.5 Å². The molecule has 2 rings (SSSR count). The van der Waals surface area contributed by atoms with E-state index in [-0.39, 0.29) is 5.92 Å². The first kappa shape index (κ1) is 12.4. The molecule has 0 aromatic carbocycles. The summed E-state index contributed by atoms with van der Waals surface area (Å²) in [6.07, 6.45) is 5.86. The molecule has 0 saturated heterocycles. The molecular weight excluding hydrogens is 224 g/mol. The van der Waals surface area contributed by atoms with E-state index in [1.54, 1.807) is 18.3 Å². The molecular formula is C14H16N4. The smallest absolute Gasteiger partial charge is 0.127 e. The molecule has 18 heavy (non-hydrogen) atoms. The molecule has 1 aliphatic rings. The first-order valence-corrected chi connectivity index (χ1v) is 6.31. The molecule has 92 valence electrons. The zero-order valence-electron chi connectivity index (χ0n) is 10.3. The molecule has 0 atom stereocenters. The van der Waals surface area contributed by atoms with E-state index in [0.717, 1.165) is 38.0 Å². The van der Waals surface area contributed by atoms with Crippen molar-refractivity contribution in [3.8, 4) is 12.1 Å². The largest absolute Gasteiger partial charge is 0.370 e. The minimum absolute atomic E-state index is 0.251. The van der Waals surface area contributed by atoms with Crippen LogP contribution < -0.4 is 5.32 Å². The first-order chi connectivity index (χ1) is 8.81. The first-order valence-electron chi connectivity index (χ1n) is 6.31. The van der Waals surface area contributed by atoms with Gasteiger partial charge in [0.25, 0.3) is 0 Å². The van der Waals surface area contributed by atoms with Crippen LogP contribution in [0, 0.1) is 34.5 Å². The molecule has 4 nitrogen and oxygen atoms in total. The Morgan fingerprint density at radius 3 is 2.72 bits per heavy atom. The quantitative estimate of drug-likeness (QED) is 0.881. The standard InChI is InChI=1S/C14H16N4/c15-8-11-1-3-12(4-2-11)10-18-14-7-13(9-16)5-6-17-14/h5-7,11-12H,1-4,10H2,(H,17,18). The lowest BCUT2D eigenvalue weighted by atomic mass is 9.83. The van der Waals surface area contributed by atoms with Crippen molar-refractivity contribution >= 4 is 5.82 Å². The third kappa shape index (κ3) is 3.21. The van der Waals surface area contributed by atoms with Crippen molar-refractivity contribution < 1.29 is 0 Å². The van der Waals surface area contributed by atoms with Crippen LogP contribution in [0.4, 0.5) is 5.82 Å². The number of hydrogen-bond acceptors (Lipinski definition) is 4. The molecule has 1 N–H and O–H groups in total. The molecule has 1 heterocycles. The van der Waals surface area contributed by atoms with Crippen LogP contribution in [0.3, 0.4) is 0 Å². The molecule has 0 amide bonds. The Labute approximate surface area is 107 Å². The Kier molecular flexibility index (Phi) is 4.15. The van der Waals surface area contributed by atoms with Gasteiger partial charge in [0.15, 0.2) is 0 Å². The van der Waals surface area contributed by atoms with Gasteiger partial charge < -0.3 is 5.32 Å². The molecule has 0 spiro atoms. The van der Waals surface area contributed by atoms with Gasteiger partial charge in [0, 0.05) is 18.7 Å². The van der Waals surface area contributed by atoms with E-state index in [9.17, 15) is 0 Å². The molecule has 0 aliphatic heterocycles. The monoisotopic (exact) mass is 240 g/mol. The maximum absolute atomic E-state index is 8.84. The van der Waals surface area contributed by atoms with Crippen LogP contribution in [0.15, 0.2) is 18.3 Å². The number of nitriles is 2. The van der Waals surface area contributed by atoms with Crippen LogP contribution >= 0.6 is 0 Å². The summed E-state index contributed by atoms with van der Waals surface area (Å²) in [5.74, 6) is 1.62. The van der Waals surface area contributed by atoms with Crippen molar-refractivity contribution in [1.29, 1.82) is 10.5 Å². The van der Waals surface area contributed by atoms with E-state index in [1.165, 1.54) is 0 Å². The number of hydrogen-bond donors (Lipinski definition) is 1. The highest BCUT2D eigenvalue weighted by Crippen LogP contribution is 2.28. The average Bonchev–Trinajstić information content (AvgIpc) is 2.46.